The summed E-state index contributed by atoms with van der Waals surface area (Å²) in [7, 11) is 0. The number of carbonyl (C=O) groups is 1. The van der Waals surface area contributed by atoms with Gasteiger partial charge >= 0.3 is 0 Å². The Morgan fingerprint density at radius 1 is 1.14 bits per heavy atom. The highest BCUT2D eigenvalue weighted by atomic mass is 16.2. The van der Waals surface area contributed by atoms with Crippen LogP contribution in [0.4, 0.5) is 11.4 Å². The summed E-state index contributed by atoms with van der Waals surface area (Å²) in [6.45, 7) is 0. The van der Waals surface area contributed by atoms with Gasteiger partial charge in [-0.2, -0.15) is 5.26 Å². The summed E-state index contributed by atoms with van der Waals surface area (Å²) >= 11 is 0. The zero-order valence-corrected chi connectivity index (χ0v) is 12.2. The predicted octanol–water partition coefficient (Wildman–Crippen LogP) is 3.85. The van der Waals surface area contributed by atoms with Crippen molar-refractivity contribution in [2.45, 2.75) is 31.6 Å². The van der Waals surface area contributed by atoms with Crippen molar-refractivity contribution >= 4 is 17.3 Å². The molecule has 2 aromatic carbocycles. The van der Waals surface area contributed by atoms with E-state index >= 15 is 0 Å². The molecule has 2 aromatic rings. The Hall–Kier alpha value is -2.60. The molecule has 22 heavy (non-hydrogen) atoms. The summed E-state index contributed by atoms with van der Waals surface area (Å²) in [5, 5.41) is 9.14. The number of rotatable bonds is 3. The number of anilines is 2. The van der Waals surface area contributed by atoms with E-state index in [0.29, 0.717) is 18.8 Å². The number of hydrogen-bond donors (Lipinski definition) is 0. The van der Waals surface area contributed by atoms with Gasteiger partial charge in [0.15, 0.2) is 0 Å². The van der Waals surface area contributed by atoms with E-state index in [1.54, 1.807) is 0 Å². The van der Waals surface area contributed by atoms with E-state index < -0.39 is 0 Å². The highest BCUT2D eigenvalue weighted by Crippen LogP contribution is 2.48. The summed E-state index contributed by atoms with van der Waals surface area (Å²) in [5.41, 5.74) is 5.18. The number of hydrogen-bond acceptors (Lipinski definition) is 2. The second-order valence-electron chi connectivity index (χ2n) is 6.00. The van der Waals surface area contributed by atoms with Crippen LogP contribution >= 0.6 is 0 Å². The van der Waals surface area contributed by atoms with Gasteiger partial charge in [0, 0.05) is 0 Å². The fourth-order valence-electron chi connectivity index (χ4n) is 3.34. The molecule has 0 N–H and O–H groups in total. The molecule has 108 valence electrons. The van der Waals surface area contributed by atoms with Gasteiger partial charge in [0.1, 0.15) is 0 Å². The fraction of sp³-hybridized carbons (Fsp3) is 0.263. The number of amides is 1. The van der Waals surface area contributed by atoms with Gasteiger partial charge in [0.25, 0.3) is 0 Å². The Bertz CT molecular complexity index is 799. The number of para-hydroxylation sites is 2. The molecule has 0 saturated heterocycles. The topological polar surface area (TPSA) is 44.1 Å². The highest BCUT2D eigenvalue weighted by molar-refractivity contribution is 6.08. The van der Waals surface area contributed by atoms with E-state index in [4.69, 9.17) is 5.26 Å². The predicted molar refractivity (Wildman–Crippen MR) is 85.0 cm³/mol. The second-order valence-corrected chi connectivity index (χ2v) is 6.00. The third-order valence-electron chi connectivity index (χ3n) is 4.48. The molecule has 0 spiro atoms. The van der Waals surface area contributed by atoms with Crippen molar-refractivity contribution in [3.05, 3.63) is 59.2 Å². The molecule has 1 fully saturated rings. The van der Waals surface area contributed by atoms with Crippen LogP contribution in [0.5, 0.6) is 0 Å². The van der Waals surface area contributed by atoms with Crippen LogP contribution in [0.2, 0.25) is 0 Å². The maximum Gasteiger partial charge on any atom is 0.236 e. The van der Waals surface area contributed by atoms with Gasteiger partial charge in [0.05, 0.1) is 30.3 Å². The lowest BCUT2D eigenvalue weighted by molar-refractivity contribution is -0.116. The van der Waals surface area contributed by atoms with E-state index in [1.807, 2.05) is 41.3 Å². The van der Waals surface area contributed by atoms with Gasteiger partial charge in [-0.1, -0.05) is 36.4 Å². The van der Waals surface area contributed by atoms with Crippen molar-refractivity contribution < 1.29 is 4.79 Å². The lowest BCUT2D eigenvalue weighted by atomic mass is 10.00. The zero-order chi connectivity index (χ0) is 15.1. The quantitative estimate of drug-likeness (QED) is 0.861. The Balaban J connectivity index is 1.92. The van der Waals surface area contributed by atoms with Crippen LogP contribution < -0.4 is 4.90 Å². The number of carbonyl (C=O) groups excluding carboxylic acids is 1. The molecule has 1 saturated carbocycles. The molecule has 0 atom stereocenters. The van der Waals surface area contributed by atoms with Crippen molar-refractivity contribution in [3.63, 3.8) is 0 Å². The molecule has 1 amide bonds. The maximum absolute atomic E-state index is 12.6. The standard InChI is InChI=1S/C19H16N2O/c20-11-10-14-5-3-6-16(13-8-9-13)19(14)21-17-7-2-1-4-15(17)12-18(21)22/h1-7,13H,8-10,12H2. The van der Waals surface area contributed by atoms with Gasteiger partial charge in [0.2, 0.25) is 5.91 Å². The molecular formula is C19H16N2O. The lowest BCUT2D eigenvalue weighted by Gasteiger charge is -2.24. The second kappa shape index (κ2) is 4.99. The summed E-state index contributed by atoms with van der Waals surface area (Å²) in [5.74, 6) is 0.641. The first-order valence-electron chi connectivity index (χ1n) is 7.69. The van der Waals surface area contributed by atoms with E-state index in [2.05, 4.69) is 12.1 Å². The smallest absolute Gasteiger partial charge is 0.236 e. The number of fused-ring (bicyclic) bond motifs is 1. The van der Waals surface area contributed by atoms with Crippen LogP contribution in [0.25, 0.3) is 0 Å². The molecule has 1 aliphatic heterocycles. The van der Waals surface area contributed by atoms with E-state index in [-0.39, 0.29) is 5.91 Å². The van der Waals surface area contributed by atoms with Crippen LogP contribution in [-0.2, 0) is 17.6 Å². The minimum absolute atomic E-state index is 0.105. The van der Waals surface area contributed by atoms with Gasteiger partial charge < -0.3 is 0 Å². The van der Waals surface area contributed by atoms with Crippen LogP contribution in [-0.4, -0.2) is 5.91 Å². The highest BCUT2D eigenvalue weighted by Gasteiger charge is 2.35. The molecule has 1 aliphatic carbocycles. The molecular weight excluding hydrogens is 272 g/mol. The largest absolute Gasteiger partial charge is 0.280 e. The molecule has 2 aliphatic rings. The third-order valence-corrected chi connectivity index (χ3v) is 4.48. The lowest BCUT2D eigenvalue weighted by Crippen LogP contribution is -2.23. The SMILES string of the molecule is N#CCc1cccc(C2CC2)c1N1C(=O)Cc2ccccc21. The molecule has 0 radical (unpaired) electrons. The van der Waals surface area contributed by atoms with Crippen LogP contribution in [0.3, 0.4) is 0 Å². The Kier molecular flexibility index (Phi) is 2.97. The summed E-state index contributed by atoms with van der Waals surface area (Å²) < 4.78 is 0. The average Bonchev–Trinajstić information content (AvgIpc) is 3.31. The van der Waals surface area contributed by atoms with Crippen molar-refractivity contribution in [3.8, 4) is 6.07 Å². The average molecular weight is 288 g/mol. The molecule has 4 rings (SSSR count). The zero-order valence-electron chi connectivity index (χ0n) is 12.2. The van der Waals surface area contributed by atoms with Crippen LogP contribution in [0, 0.1) is 11.3 Å². The first-order chi connectivity index (χ1) is 10.8. The van der Waals surface area contributed by atoms with Crippen LogP contribution in [0.15, 0.2) is 42.5 Å². The number of benzene rings is 2. The summed E-state index contributed by atoms with van der Waals surface area (Å²) in [6.07, 6.45) is 3.13. The third kappa shape index (κ3) is 2.00. The van der Waals surface area contributed by atoms with Gasteiger partial charge in [-0.15, -0.1) is 0 Å². The van der Waals surface area contributed by atoms with E-state index in [9.17, 15) is 4.79 Å². The monoisotopic (exact) mass is 288 g/mol. The van der Waals surface area contributed by atoms with Gasteiger partial charge in [-0.3, -0.25) is 9.69 Å². The van der Waals surface area contributed by atoms with E-state index in [1.165, 1.54) is 18.4 Å². The molecule has 3 nitrogen and oxygen atoms in total. The minimum atomic E-state index is 0.105. The Morgan fingerprint density at radius 2 is 1.95 bits per heavy atom. The minimum Gasteiger partial charge on any atom is -0.280 e. The molecule has 0 unspecified atom stereocenters. The van der Waals surface area contributed by atoms with Crippen molar-refractivity contribution in [1.82, 2.24) is 0 Å². The van der Waals surface area contributed by atoms with E-state index in [0.717, 1.165) is 22.5 Å². The normalized spacial score (nSPS) is 16.5. The Labute approximate surface area is 129 Å². The summed E-state index contributed by atoms with van der Waals surface area (Å²) in [4.78, 5) is 14.5. The van der Waals surface area contributed by atoms with Crippen molar-refractivity contribution in [1.29, 1.82) is 5.26 Å². The first-order valence-corrected chi connectivity index (χ1v) is 7.69. The summed E-state index contributed by atoms with van der Waals surface area (Å²) in [6, 6.07) is 16.3. The van der Waals surface area contributed by atoms with Crippen molar-refractivity contribution in [2.75, 3.05) is 4.90 Å². The molecule has 0 bridgehead atoms. The van der Waals surface area contributed by atoms with Gasteiger partial charge in [-0.05, 0) is 41.5 Å². The fourth-order valence-corrected chi connectivity index (χ4v) is 3.34. The maximum atomic E-state index is 12.6. The van der Waals surface area contributed by atoms with Crippen molar-refractivity contribution in [2.24, 2.45) is 0 Å². The van der Waals surface area contributed by atoms with Gasteiger partial charge in [-0.25, -0.2) is 0 Å². The molecule has 1 heterocycles. The molecule has 3 heteroatoms. The van der Waals surface area contributed by atoms with Crippen LogP contribution in [0.1, 0.15) is 35.4 Å². The molecule has 0 aromatic heterocycles. The Morgan fingerprint density at radius 3 is 2.73 bits per heavy atom. The first kappa shape index (κ1) is 13.1. The number of nitriles is 1. The number of nitrogens with zero attached hydrogens (tertiary/aromatic N) is 2.